The highest BCUT2D eigenvalue weighted by Gasteiger charge is 2.18. The number of pyridine rings is 1. The molecular weight excluding hydrogens is 508 g/mol. The second-order valence-electron chi connectivity index (χ2n) is 8.00. The summed E-state index contributed by atoms with van der Waals surface area (Å²) in [6, 6.07) is 17.7. The molecule has 0 atom stereocenters. The molecule has 190 valence electrons. The zero-order valence-electron chi connectivity index (χ0n) is 20.4. The summed E-state index contributed by atoms with van der Waals surface area (Å²) < 4.78 is 12.2. The minimum absolute atomic E-state index is 0.0778. The Hall–Kier alpha value is -4.94. The molecule has 0 saturated carbocycles. The maximum absolute atomic E-state index is 13.4. The number of nitrogens with zero attached hydrogens (tertiary/aromatic N) is 3. The van der Waals surface area contributed by atoms with Crippen LogP contribution in [0.15, 0.2) is 77.2 Å². The van der Waals surface area contributed by atoms with Gasteiger partial charge in [0.15, 0.2) is 0 Å². The summed E-state index contributed by atoms with van der Waals surface area (Å²) >= 11 is 5.96. The number of ether oxygens (including phenoxy) is 2. The molecule has 38 heavy (non-hydrogen) atoms. The van der Waals surface area contributed by atoms with Crippen LogP contribution in [-0.4, -0.2) is 27.9 Å². The summed E-state index contributed by atoms with van der Waals surface area (Å²) in [6.07, 6.45) is 2.68. The third-order valence-electron chi connectivity index (χ3n) is 5.39. The molecule has 0 bridgehead atoms. The Morgan fingerprint density at radius 2 is 1.84 bits per heavy atom. The average Bonchev–Trinajstić information content (AvgIpc) is 2.91. The molecule has 10 heteroatoms. The Morgan fingerprint density at radius 1 is 1.13 bits per heavy atom. The van der Waals surface area contributed by atoms with E-state index in [9.17, 15) is 19.6 Å². The van der Waals surface area contributed by atoms with Gasteiger partial charge >= 0.3 is 5.97 Å². The van der Waals surface area contributed by atoms with E-state index in [2.05, 4.69) is 10.3 Å². The molecule has 0 aliphatic rings. The van der Waals surface area contributed by atoms with Gasteiger partial charge in [0.2, 0.25) is 5.88 Å². The van der Waals surface area contributed by atoms with E-state index in [4.69, 9.17) is 21.1 Å². The second kappa shape index (κ2) is 11.4. The second-order valence-corrected chi connectivity index (χ2v) is 8.43. The Labute approximate surface area is 222 Å². The van der Waals surface area contributed by atoms with Crippen LogP contribution in [0.4, 0.5) is 5.69 Å². The molecule has 0 spiro atoms. The lowest BCUT2D eigenvalue weighted by molar-refractivity contribution is -0.112. The van der Waals surface area contributed by atoms with Gasteiger partial charge in [0.05, 0.1) is 12.2 Å². The molecule has 1 amide bonds. The first-order valence-electron chi connectivity index (χ1n) is 11.5. The van der Waals surface area contributed by atoms with Gasteiger partial charge in [-0.25, -0.2) is 4.79 Å². The lowest BCUT2D eigenvalue weighted by Gasteiger charge is -2.12. The Balaban J connectivity index is 1.72. The number of hydrogen-bond donors (Lipinski definition) is 1. The lowest BCUT2D eigenvalue weighted by Crippen LogP contribution is -2.20. The van der Waals surface area contributed by atoms with Crippen LogP contribution >= 0.6 is 11.6 Å². The van der Waals surface area contributed by atoms with Crippen molar-refractivity contribution in [1.82, 2.24) is 9.38 Å². The number of esters is 1. The number of carbonyl (C=O) groups excluding carboxylic acids is 2. The van der Waals surface area contributed by atoms with Crippen molar-refractivity contribution in [3.8, 4) is 17.7 Å². The summed E-state index contributed by atoms with van der Waals surface area (Å²) in [5.41, 5.74) is 0.775. The molecule has 0 fully saturated rings. The van der Waals surface area contributed by atoms with E-state index < -0.39 is 17.4 Å². The van der Waals surface area contributed by atoms with Crippen molar-refractivity contribution >= 4 is 40.9 Å². The van der Waals surface area contributed by atoms with Gasteiger partial charge in [-0.15, -0.1) is 0 Å². The van der Waals surface area contributed by atoms with Crippen molar-refractivity contribution in [3.63, 3.8) is 0 Å². The van der Waals surface area contributed by atoms with Crippen molar-refractivity contribution in [3.05, 3.63) is 105 Å². The van der Waals surface area contributed by atoms with Crippen LogP contribution in [0.3, 0.4) is 0 Å². The number of halogens is 1. The largest absolute Gasteiger partial charge is 0.462 e. The van der Waals surface area contributed by atoms with Crippen LogP contribution in [0.2, 0.25) is 5.02 Å². The van der Waals surface area contributed by atoms with Gasteiger partial charge in [0.1, 0.15) is 28.6 Å². The summed E-state index contributed by atoms with van der Waals surface area (Å²) in [5.74, 6) is -0.970. The number of amides is 1. The summed E-state index contributed by atoms with van der Waals surface area (Å²) in [4.78, 5) is 42.7. The molecule has 4 aromatic rings. The van der Waals surface area contributed by atoms with Crippen LogP contribution in [0.1, 0.15) is 28.4 Å². The smallest absolute Gasteiger partial charge is 0.338 e. The number of rotatable bonds is 7. The molecule has 0 unspecified atom stereocenters. The number of hydrogen-bond acceptors (Lipinski definition) is 7. The maximum Gasteiger partial charge on any atom is 0.338 e. The van der Waals surface area contributed by atoms with E-state index in [1.54, 1.807) is 50.2 Å². The van der Waals surface area contributed by atoms with E-state index >= 15 is 0 Å². The summed E-state index contributed by atoms with van der Waals surface area (Å²) in [6.45, 7) is 3.73. The third-order valence-corrected chi connectivity index (χ3v) is 5.64. The van der Waals surface area contributed by atoms with Crippen molar-refractivity contribution in [2.24, 2.45) is 0 Å². The molecule has 4 rings (SSSR count). The third kappa shape index (κ3) is 5.72. The van der Waals surface area contributed by atoms with Gasteiger partial charge in [-0.05, 0) is 80.1 Å². The minimum Gasteiger partial charge on any atom is -0.462 e. The fourth-order valence-corrected chi connectivity index (χ4v) is 3.63. The zero-order chi connectivity index (χ0) is 27.2. The molecule has 2 aromatic carbocycles. The predicted octanol–water partition coefficient (Wildman–Crippen LogP) is 5.17. The molecule has 2 heterocycles. The van der Waals surface area contributed by atoms with Gasteiger partial charge in [-0.3, -0.25) is 14.0 Å². The molecular formula is C28H21ClN4O5. The number of aromatic nitrogens is 2. The van der Waals surface area contributed by atoms with E-state index in [1.807, 2.05) is 6.07 Å². The standard InChI is InChI=1S/C28H21ClN4O5/c1-3-37-28(36)18-6-10-21(11-7-18)31-25(34)19(16-30)15-23-26(38-22-12-8-20(29)9-13-22)32-24-17(2)5-4-14-33(24)27(23)35/h4-15H,3H2,1-2H3,(H,31,34)/b19-15-. The van der Waals surface area contributed by atoms with Crippen LogP contribution < -0.4 is 15.6 Å². The molecule has 0 saturated heterocycles. The molecule has 0 aliphatic heterocycles. The fourth-order valence-electron chi connectivity index (χ4n) is 3.50. The van der Waals surface area contributed by atoms with Gasteiger partial charge < -0.3 is 14.8 Å². The Morgan fingerprint density at radius 3 is 2.50 bits per heavy atom. The predicted molar refractivity (Wildman–Crippen MR) is 142 cm³/mol. The first kappa shape index (κ1) is 26.1. The number of fused-ring (bicyclic) bond motifs is 1. The van der Waals surface area contributed by atoms with E-state index in [1.165, 1.54) is 34.9 Å². The van der Waals surface area contributed by atoms with E-state index in [0.29, 0.717) is 27.7 Å². The average molecular weight is 529 g/mol. The number of nitriles is 1. The SMILES string of the molecule is CCOC(=O)c1ccc(NC(=O)/C(C#N)=C\c2c(Oc3ccc(Cl)cc3)nc3c(C)cccn3c2=O)cc1. The monoisotopic (exact) mass is 528 g/mol. The molecule has 0 radical (unpaired) electrons. The summed E-state index contributed by atoms with van der Waals surface area (Å²) in [5, 5.41) is 12.8. The van der Waals surface area contributed by atoms with Crippen molar-refractivity contribution in [2.75, 3.05) is 11.9 Å². The Kier molecular flexibility index (Phi) is 7.85. The van der Waals surface area contributed by atoms with Crippen LogP contribution in [-0.2, 0) is 9.53 Å². The first-order valence-corrected chi connectivity index (χ1v) is 11.8. The van der Waals surface area contributed by atoms with Gasteiger partial charge in [-0.1, -0.05) is 17.7 Å². The number of carbonyl (C=O) groups is 2. The molecule has 2 aromatic heterocycles. The van der Waals surface area contributed by atoms with E-state index in [0.717, 1.165) is 11.6 Å². The van der Waals surface area contributed by atoms with Crippen LogP contribution in [0.25, 0.3) is 11.7 Å². The maximum atomic E-state index is 13.4. The highest BCUT2D eigenvalue weighted by Crippen LogP contribution is 2.26. The van der Waals surface area contributed by atoms with E-state index in [-0.39, 0.29) is 23.6 Å². The molecule has 9 nitrogen and oxygen atoms in total. The normalized spacial score (nSPS) is 11.1. The quantitative estimate of drug-likeness (QED) is 0.199. The van der Waals surface area contributed by atoms with Gasteiger partial charge in [-0.2, -0.15) is 10.2 Å². The summed E-state index contributed by atoms with van der Waals surface area (Å²) in [7, 11) is 0. The Bertz CT molecular complexity index is 1650. The lowest BCUT2D eigenvalue weighted by atomic mass is 10.1. The van der Waals surface area contributed by atoms with Crippen molar-refractivity contribution < 1.29 is 19.1 Å². The first-order chi connectivity index (χ1) is 18.3. The highest BCUT2D eigenvalue weighted by molar-refractivity contribution is 6.30. The molecule has 1 N–H and O–H groups in total. The molecule has 0 aliphatic carbocycles. The number of benzene rings is 2. The topological polar surface area (TPSA) is 123 Å². The van der Waals surface area contributed by atoms with Crippen LogP contribution in [0, 0.1) is 18.3 Å². The van der Waals surface area contributed by atoms with Crippen molar-refractivity contribution in [1.29, 1.82) is 5.26 Å². The van der Waals surface area contributed by atoms with Crippen molar-refractivity contribution in [2.45, 2.75) is 13.8 Å². The number of anilines is 1. The fraction of sp³-hybridized carbons (Fsp3) is 0.107. The minimum atomic E-state index is -0.762. The van der Waals surface area contributed by atoms with Gasteiger partial charge in [0.25, 0.3) is 11.5 Å². The van der Waals surface area contributed by atoms with Crippen LogP contribution in [0.5, 0.6) is 11.6 Å². The van der Waals surface area contributed by atoms with Gasteiger partial charge in [0, 0.05) is 16.9 Å². The number of aryl methyl sites for hydroxylation is 1. The highest BCUT2D eigenvalue weighted by atomic mass is 35.5. The number of nitrogens with one attached hydrogen (secondary N) is 1. The zero-order valence-corrected chi connectivity index (χ0v) is 21.2.